The van der Waals surface area contributed by atoms with Gasteiger partial charge in [-0.3, -0.25) is 0 Å². The summed E-state index contributed by atoms with van der Waals surface area (Å²) >= 11 is 3.54. The predicted molar refractivity (Wildman–Crippen MR) is 65.5 cm³/mol. The maximum absolute atomic E-state index is 5.56. The van der Waals surface area contributed by atoms with E-state index in [-0.39, 0.29) is 0 Å². The van der Waals surface area contributed by atoms with Crippen molar-refractivity contribution in [1.82, 2.24) is 0 Å². The summed E-state index contributed by atoms with van der Waals surface area (Å²) < 4.78 is 1.18. The highest BCUT2D eigenvalue weighted by atomic mass is 79.9. The molecule has 0 radical (unpaired) electrons. The normalized spacial score (nSPS) is 10.5. The van der Waals surface area contributed by atoms with Crippen LogP contribution in [0, 0.1) is 0 Å². The Morgan fingerprint density at radius 3 is 2.71 bits per heavy atom. The lowest BCUT2D eigenvalue weighted by atomic mass is 10.0. The van der Waals surface area contributed by atoms with Crippen molar-refractivity contribution in [1.29, 1.82) is 0 Å². The smallest absolute Gasteiger partial charge is 0.0207 e. The Morgan fingerprint density at radius 1 is 1.29 bits per heavy atom. The lowest BCUT2D eigenvalue weighted by Crippen LogP contribution is -2.03. The summed E-state index contributed by atoms with van der Waals surface area (Å²) in [6, 6.07) is 6.60. The van der Waals surface area contributed by atoms with E-state index in [0.717, 1.165) is 13.0 Å². The lowest BCUT2D eigenvalue weighted by molar-refractivity contribution is 0.793. The van der Waals surface area contributed by atoms with E-state index in [2.05, 4.69) is 41.1 Å². The van der Waals surface area contributed by atoms with Crippen LogP contribution in [0.3, 0.4) is 0 Å². The second-order valence-corrected chi connectivity index (χ2v) is 4.42. The minimum atomic E-state index is 0.718. The van der Waals surface area contributed by atoms with Crippen molar-refractivity contribution in [3.63, 3.8) is 0 Å². The zero-order valence-corrected chi connectivity index (χ0v) is 10.3. The van der Waals surface area contributed by atoms with Gasteiger partial charge in [0.2, 0.25) is 0 Å². The van der Waals surface area contributed by atoms with Gasteiger partial charge >= 0.3 is 0 Å². The molecule has 1 aromatic carbocycles. The van der Waals surface area contributed by atoms with Crippen LogP contribution in [0.4, 0.5) is 0 Å². The van der Waals surface area contributed by atoms with E-state index >= 15 is 0 Å². The maximum Gasteiger partial charge on any atom is 0.0207 e. The zero-order valence-electron chi connectivity index (χ0n) is 8.72. The molecular formula is C12H18BrN. The van der Waals surface area contributed by atoms with Crippen LogP contribution in [-0.4, -0.2) is 6.54 Å². The van der Waals surface area contributed by atoms with Crippen LogP contribution in [0.2, 0.25) is 0 Å². The zero-order chi connectivity index (χ0) is 10.4. The molecule has 0 atom stereocenters. The first-order chi connectivity index (χ1) is 6.77. The van der Waals surface area contributed by atoms with Crippen LogP contribution < -0.4 is 5.73 Å². The number of benzene rings is 1. The Bertz CT molecular complexity index is 284. The highest BCUT2D eigenvalue weighted by molar-refractivity contribution is 9.10. The van der Waals surface area contributed by atoms with Crippen LogP contribution in [0.15, 0.2) is 22.7 Å². The number of hydrogen-bond acceptors (Lipinski definition) is 1. The second-order valence-electron chi connectivity index (χ2n) is 3.57. The maximum atomic E-state index is 5.56. The molecule has 1 aromatic rings. The van der Waals surface area contributed by atoms with Gasteiger partial charge in [-0.15, -0.1) is 0 Å². The largest absolute Gasteiger partial charge is 0.330 e. The predicted octanol–water partition coefficient (Wildman–Crippen LogP) is 3.29. The van der Waals surface area contributed by atoms with E-state index in [9.17, 15) is 0 Å². The van der Waals surface area contributed by atoms with Gasteiger partial charge in [-0.25, -0.2) is 0 Å². The minimum absolute atomic E-state index is 0.718. The Kier molecular flexibility index (Phi) is 5.20. The second kappa shape index (κ2) is 6.20. The van der Waals surface area contributed by atoms with Crippen LogP contribution >= 0.6 is 15.9 Å². The van der Waals surface area contributed by atoms with Gasteiger partial charge in [0, 0.05) is 4.47 Å². The fourth-order valence-electron chi connectivity index (χ4n) is 1.51. The summed E-state index contributed by atoms with van der Waals surface area (Å²) in [5, 5.41) is 0. The van der Waals surface area contributed by atoms with E-state index in [0.29, 0.717) is 0 Å². The highest BCUT2D eigenvalue weighted by Crippen LogP contribution is 2.19. The van der Waals surface area contributed by atoms with Crippen molar-refractivity contribution in [2.45, 2.75) is 32.6 Å². The summed E-state index contributed by atoms with van der Waals surface area (Å²) in [7, 11) is 0. The molecule has 0 saturated carbocycles. The van der Waals surface area contributed by atoms with Gasteiger partial charge in [-0.05, 0) is 43.0 Å². The molecule has 2 heteroatoms. The minimum Gasteiger partial charge on any atom is -0.330 e. The Hall–Kier alpha value is -0.340. The van der Waals surface area contributed by atoms with E-state index in [4.69, 9.17) is 5.73 Å². The summed E-state index contributed by atoms with van der Waals surface area (Å²) in [5.41, 5.74) is 8.32. The van der Waals surface area contributed by atoms with Crippen LogP contribution in [0.1, 0.15) is 30.9 Å². The fraction of sp³-hybridized carbons (Fsp3) is 0.500. The summed E-state index contributed by atoms with van der Waals surface area (Å²) in [6.07, 6.45) is 4.66. The van der Waals surface area contributed by atoms with E-state index in [1.165, 1.54) is 34.9 Å². The molecule has 0 aliphatic heterocycles. The first kappa shape index (κ1) is 11.7. The molecule has 0 aliphatic rings. The van der Waals surface area contributed by atoms with Crippen molar-refractivity contribution < 1.29 is 0 Å². The van der Waals surface area contributed by atoms with Gasteiger partial charge in [0.15, 0.2) is 0 Å². The summed E-state index contributed by atoms with van der Waals surface area (Å²) in [5.74, 6) is 0. The van der Waals surface area contributed by atoms with Crippen molar-refractivity contribution >= 4 is 15.9 Å². The molecule has 0 fully saturated rings. The van der Waals surface area contributed by atoms with Crippen LogP contribution in [0.25, 0.3) is 0 Å². The average molecular weight is 256 g/mol. The lowest BCUT2D eigenvalue weighted by Gasteiger charge is -2.06. The highest BCUT2D eigenvalue weighted by Gasteiger charge is 2.00. The molecule has 0 aromatic heterocycles. The molecule has 0 amide bonds. The topological polar surface area (TPSA) is 26.0 Å². The molecule has 0 unspecified atom stereocenters. The quantitative estimate of drug-likeness (QED) is 0.859. The molecule has 0 aliphatic carbocycles. The van der Waals surface area contributed by atoms with Gasteiger partial charge in [0.05, 0.1) is 0 Å². The first-order valence-electron chi connectivity index (χ1n) is 5.25. The number of nitrogens with two attached hydrogens (primary N) is 1. The Labute approximate surface area is 94.8 Å². The number of aryl methyl sites for hydroxylation is 1. The molecule has 1 rings (SSSR count). The van der Waals surface area contributed by atoms with Crippen molar-refractivity contribution in [3.8, 4) is 0 Å². The first-order valence-corrected chi connectivity index (χ1v) is 6.04. The van der Waals surface area contributed by atoms with Crippen molar-refractivity contribution in [2.75, 3.05) is 6.54 Å². The third kappa shape index (κ3) is 3.43. The summed E-state index contributed by atoms with van der Waals surface area (Å²) in [4.78, 5) is 0. The number of rotatable bonds is 5. The molecule has 1 nitrogen and oxygen atoms in total. The van der Waals surface area contributed by atoms with Gasteiger partial charge in [-0.1, -0.05) is 41.4 Å². The molecule has 14 heavy (non-hydrogen) atoms. The van der Waals surface area contributed by atoms with Gasteiger partial charge < -0.3 is 5.73 Å². The third-order valence-corrected chi connectivity index (χ3v) is 3.12. The third-order valence-electron chi connectivity index (χ3n) is 2.34. The van der Waals surface area contributed by atoms with Crippen molar-refractivity contribution in [2.24, 2.45) is 5.73 Å². The van der Waals surface area contributed by atoms with Crippen molar-refractivity contribution in [3.05, 3.63) is 33.8 Å². The fourth-order valence-corrected chi connectivity index (χ4v) is 1.96. The number of hydrogen-bond donors (Lipinski definition) is 1. The molecule has 78 valence electrons. The summed E-state index contributed by atoms with van der Waals surface area (Å²) in [6.45, 7) is 2.94. The van der Waals surface area contributed by atoms with Crippen LogP contribution in [0.5, 0.6) is 0 Å². The van der Waals surface area contributed by atoms with E-state index < -0.39 is 0 Å². The Morgan fingerprint density at radius 2 is 2.07 bits per heavy atom. The van der Waals surface area contributed by atoms with E-state index in [1.807, 2.05) is 0 Å². The van der Waals surface area contributed by atoms with E-state index in [1.54, 1.807) is 0 Å². The molecule has 0 heterocycles. The average Bonchev–Trinajstić information content (AvgIpc) is 2.19. The van der Waals surface area contributed by atoms with Gasteiger partial charge in [-0.2, -0.15) is 0 Å². The van der Waals surface area contributed by atoms with Crippen LogP contribution in [-0.2, 0) is 12.8 Å². The molecule has 0 spiro atoms. The molecule has 0 saturated heterocycles. The number of halogens is 1. The molecular weight excluding hydrogens is 238 g/mol. The number of unbranched alkanes of at least 4 members (excludes halogenated alkanes) is 1. The monoisotopic (exact) mass is 255 g/mol. The molecule has 2 N–H and O–H groups in total. The molecule has 0 bridgehead atoms. The van der Waals surface area contributed by atoms with Gasteiger partial charge in [0.1, 0.15) is 0 Å². The Balaban J connectivity index is 2.72. The van der Waals surface area contributed by atoms with Gasteiger partial charge in [0.25, 0.3) is 0 Å². The standard InChI is InChI=1S/C12H18BrN/c1-2-3-4-10-5-6-12(13)11(9-10)7-8-14/h5-6,9H,2-4,7-8,14H2,1H3. The SMILES string of the molecule is CCCCc1ccc(Br)c(CCN)c1.